The second kappa shape index (κ2) is 8.16. The van der Waals surface area contributed by atoms with Gasteiger partial charge in [-0.3, -0.25) is 24.2 Å². The number of anilines is 1. The van der Waals surface area contributed by atoms with Crippen molar-refractivity contribution in [1.29, 1.82) is 0 Å². The number of imide groups is 1. The normalized spacial score (nSPS) is 13.9. The van der Waals surface area contributed by atoms with Crippen molar-refractivity contribution in [3.8, 4) is 0 Å². The Morgan fingerprint density at radius 3 is 2.24 bits per heavy atom. The lowest BCUT2D eigenvalue weighted by Crippen LogP contribution is -2.29. The highest BCUT2D eigenvalue weighted by Gasteiger charge is 2.40. The molecule has 0 aliphatic carbocycles. The van der Waals surface area contributed by atoms with Crippen molar-refractivity contribution in [3.63, 3.8) is 0 Å². The summed E-state index contributed by atoms with van der Waals surface area (Å²) in [5, 5.41) is -0.0467. The highest BCUT2D eigenvalue weighted by molar-refractivity contribution is 7.92. The Bertz CT molecular complexity index is 1360. The van der Waals surface area contributed by atoms with E-state index in [0.29, 0.717) is 17.7 Å². The number of hydrogen-bond acceptors (Lipinski definition) is 5. The van der Waals surface area contributed by atoms with Crippen molar-refractivity contribution in [1.82, 2.24) is 9.88 Å². The number of sulfonamides is 1. The predicted molar refractivity (Wildman–Crippen MR) is 112 cm³/mol. The Morgan fingerprint density at radius 1 is 0.970 bits per heavy atom. The molecule has 12 heteroatoms. The number of carbonyl (C=O) groups is 2. The Hall–Kier alpha value is -3.44. The minimum absolute atomic E-state index is 0.0467. The highest BCUT2D eigenvalue weighted by atomic mass is 35.5. The number of hydrogen-bond donors (Lipinski definition) is 1. The minimum Gasteiger partial charge on any atom is -0.279 e. The molecule has 2 amide bonds. The van der Waals surface area contributed by atoms with E-state index in [1.165, 1.54) is 24.5 Å². The first-order chi connectivity index (χ1) is 15.5. The van der Waals surface area contributed by atoms with Crippen LogP contribution in [0, 0.1) is 0 Å². The van der Waals surface area contributed by atoms with E-state index in [1.54, 1.807) is 12.1 Å². The maximum absolute atomic E-state index is 13.0. The number of amides is 2. The molecule has 0 radical (unpaired) electrons. The molecule has 0 fully saturated rings. The van der Waals surface area contributed by atoms with Crippen LogP contribution in [0.1, 0.15) is 31.8 Å². The molecule has 1 aliphatic rings. The van der Waals surface area contributed by atoms with Gasteiger partial charge in [-0.05, 0) is 48.0 Å². The number of nitrogens with zero attached hydrogens (tertiary/aromatic N) is 2. The molecule has 1 aliphatic heterocycles. The molecule has 170 valence electrons. The molecule has 1 aromatic heterocycles. The highest BCUT2D eigenvalue weighted by Crippen LogP contribution is 2.36. The third-order valence-electron chi connectivity index (χ3n) is 4.87. The van der Waals surface area contributed by atoms with Gasteiger partial charge in [0.25, 0.3) is 21.8 Å². The van der Waals surface area contributed by atoms with E-state index in [2.05, 4.69) is 9.71 Å². The first-order valence-electron chi connectivity index (χ1n) is 9.27. The summed E-state index contributed by atoms with van der Waals surface area (Å²) < 4.78 is 66.0. The molecule has 2 heterocycles. The number of pyridine rings is 1. The van der Waals surface area contributed by atoms with Gasteiger partial charge in [-0.2, -0.15) is 13.2 Å². The van der Waals surface area contributed by atoms with Crippen molar-refractivity contribution < 1.29 is 31.2 Å². The second-order valence-electron chi connectivity index (χ2n) is 7.03. The molecule has 2 aromatic carbocycles. The number of halogens is 4. The summed E-state index contributed by atoms with van der Waals surface area (Å²) in [5.41, 5.74) is -1.08. The fraction of sp³-hybridized carbons (Fsp3) is 0.0952. The van der Waals surface area contributed by atoms with E-state index < -0.39 is 38.5 Å². The van der Waals surface area contributed by atoms with Crippen LogP contribution < -0.4 is 4.72 Å². The first kappa shape index (κ1) is 22.7. The molecular weight excluding hydrogens is 483 g/mol. The molecule has 1 N–H and O–H groups in total. The zero-order valence-corrected chi connectivity index (χ0v) is 18.0. The van der Waals surface area contributed by atoms with Gasteiger partial charge in [0.15, 0.2) is 0 Å². The van der Waals surface area contributed by atoms with Gasteiger partial charge in [-0.25, -0.2) is 8.42 Å². The predicted octanol–water partition coefficient (Wildman–Crippen LogP) is 4.35. The first-order valence-corrected chi connectivity index (χ1v) is 11.1. The molecule has 0 saturated heterocycles. The van der Waals surface area contributed by atoms with E-state index in [9.17, 15) is 31.2 Å². The topological polar surface area (TPSA) is 96.4 Å². The smallest absolute Gasteiger partial charge is 0.279 e. The summed E-state index contributed by atoms with van der Waals surface area (Å²) in [6.45, 7) is -0.110. The van der Waals surface area contributed by atoms with Crippen LogP contribution in [0.5, 0.6) is 0 Å². The lowest BCUT2D eigenvalue weighted by atomic mass is 10.1. The van der Waals surface area contributed by atoms with E-state index in [4.69, 9.17) is 11.6 Å². The van der Waals surface area contributed by atoms with E-state index in [-0.39, 0.29) is 28.4 Å². The Balaban J connectivity index is 1.68. The fourth-order valence-electron chi connectivity index (χ4n) is 3.30. The maximum atomic E-state index is 13.0. The van der Waals surface area contributed by atoms with E-state index in [0.717, 1.165) is 17.0 Å². The second-order valence-corrected chi connectivity index (χ2v) is 9.12. The van der Waals surface area contributed by atoms with Crippen LogP contribution in [0.2, 0.25) is 5.02 Å². The summed E-state index contributed by atoms with van der Waals surface area (Å²) in [5.74, 6) is -1.48. The van der Waals surface area contributed by atoms with Crippen molar-refractivity contribution >= 4 is 39.1 Å². The summed E-state index contributed by atoms with van der Waals surface area (Å²) in [7, 11) is -4.38. The van der Waals surface area contributed by atoms with Gasteiger partial charge in [0, 0.05) is 12.4 Å². The number of carbonyl (C=O) groups excluding carboxylic acids is 2. The third kappa shape index (κ3) is 4.29. The zero-order chi connectivity index (χ0) is 24.0. The van der Waals surface area contributed by atoms with Crippen LogP contribution in [-0.4, -0.2) is 30.1 Å². The third-order valence-corrected chi connectivity index (χ3v) is 6.57. The molecular formula is C21H13ClF3N3O4S. The molecule has 0 bridgehead atoms. The summed E-state index contributed by atoms with van der Waals surface area (Å²) in [4.78, 5) is 30.3. The van der Waals surface area contributed by atoms with Crippen molar-refractivity contribution in [2.45, 2.75) is 17.6 Å². The average molecular weight is 496 g/mol. The van der Waals surface area contributed by atoms with Gasteiger partial charge in [-0.15, -0.1) is 0 Å². The fourth-order valence-corrected chi connectivity index (χ4v) is 4.61. The molecule has 3 aromatic rings. The molecule has 7 nitrogen and oxygen atoms in total. The van der Waals surface area contributed by atoms with Gasteiger partial charge in [0.05, 0.1) is 38.8 Å². The van der Waals surface area contributed by atoms with Crippen LogP contribution in [0.15, 0.2) is 65.8 Å². The van der Waals surface area contributed by atoms with Crippen LogP contribution >= 0.6 is 11.6 Å². The van der Waals surface area contributed by atoms with Gasteiger partial charge in [0.1, 0.15) is 0 Å². The van der Waals surface area contributed by atoms with E-state index in [1.807, 2.05) is 0 Å². The van der Waals surface area contributed by atoms with Crippen LogP contribution in [0.25, 0.3) is 0 Å². The number of fused-ring (bicyclic) bond motifs is 1. The average Bonchev–Trinajstić information content (AvgIpc) is 3.02. The lowest BCUT2D eigenvalue weighted by Gasteiger charge is -2.14. The standard InChI is InChI=1S/C21H13ClF3N3O4S/c22-15-7-8-16(27-33(31,32)14-5-3-13(4-6-14)21(23,24)25)18-17(15)19(29)28(20(18)30)11-12-2-1-9-26-10-12/h1-10,27H,11H2. The van der Waals surface area contributed by atoms with Crippen molar-refractivity contribution in [2.24, 2.45) is 0 Å². The molecule has 4 rings (SSSR count). The molecule has 0 atom stereocenters. The van der Waals surface area contributed by atoms with E-state index >= 15 is 0 Å². The Kier molecular flexibility index (Phi) is 5.62. The summed E-state index contributed by atoms with van der Waals surface area (Å²) in [6.07, 6.45) is -1.63. The van der Waals surface area contributed by atoms with Gasteiger partial charge < -0.3 is 0 Å². The number of aromatic nitrogens is 1. The molecule has 0 saturated carbocycles. The molecule has 0 unspecified atom stereocenters. The Labute approximate surface area is 190 Å². The Morgan fingerprint density at radius 2 is 1.64 bits per heavy atom. The van der Waals surface area contributed by atoms with Gasteiger partial charge in [0.2, 0.25) is 0 Å². The lowest BCUT2D eigenvalue weighted by molar-refractivity contribution is -0.137. The molecule has 0 spiro atoms. The van der Waals surface area contributed by atoms with Crippen LogP contribution in [0.3, 0.4) is 0 Å². The maximum Gasteiger partial charge on any atom is 0.416 e. The van der Waals surface area contributed by atoms with Crippen LogP contribution in [0.4, 0.5) is 18.9 Å². The van der Waals surface area contributed by atoms with Crippen molar-refractivity contribution in [2.75, 3.05) is 4.72 Å². The number of benzene rings is 2. The van der Waals surface area contributed by atoms with Crippen molar-refractivity contribution in [3.05, 3.63) is 88.2 Å². The summed E-state index contributed by atoms with van der Waals surface area (Å²) >= 11 is 6.12. The number of nitrogens with one attached hydrogen (secondary N) is 1. The number of rotatable bonds is 5. The number of alkyl halides is 3. The van der Waals surface area contributed by atoms with Gasteiger partial charge in [-0.1, -0.05) is 17.7 Å². The zero-order valence-electron chi connectivity index (χ0n) is 16.4. The SMILES string of the molecule is O=C1c2c(Cl)ccc(NS(=O)(=O)c3ccc(C(F)(F)F)cc3)c2C(=O)N1Cc1cccnc1. The monoisotopic (exact) mass is 495 g/mol. The quantitative estimate of drug-likeness (QED) is 0.531. The largest absolute Gasteiger partial charge is 0.416 e. The summed E-state index contributed by atoms with van der Waals surface area (Å²) in [6, 6.07) is 8.60. The van der Waals surface area contributed by atoms with Crippen LogP contribution in [-0.2, 0) is 22.7 Å². The minimum atomic E-state index is -4.63. The van der Waals surface area contributed by atoms with Gasteiger partial charge >= 0.3 is 6.18 Å². The molecule has 33 heavy (non-hydrogen) atoms.